The summed E-state index contributed by atoms with van der Waals surface area (Å²) in [4.78, 5) is 25.9. The summed E-state index contributed by atoms with van der Waals surface area (Å²) in [6.45, 7) is 0. The number of thioether (sulfide) groups is 1. The third-order valence-corrected chi connectivity index (χ3v) is 5.55. The largest absolute Gasteiger partial charge is 0.496 e. The number of anilines is 1. The van der Waals surface area contributed by atoms with Gasteiger partial charge in [0.2, 0.25) is 0 Å². The molecule has 0 unspecified atom stereocenters. The number of ether oxygens (including phenoxy) is 3. The van der Waals surface area contributed by atoms with E-state index in [0.717, 1.165) is 4.90 Å². The minimum absolute atomic E-state index is 0.00622. The van der Waals surface area contributed by atoms with E-state index in [1.165, 1.54) is 18.9 Å². The van der Waals surface area contributed by atoms with Crippen LogP contribution in [0.2, 0.25) is 0 Å². The van der Waals surface area contributed by atoms with Crippen LogP contribution < -0.4 is 19.5 Å². The molecule has 0 aromatic heterocycles. The molecular weight excluding hydrogens is 414 g/mol. The van der Waals surface area contributed by atoms with E-state index in [9.17, 15) is 9.59 Å². The fourth-order valence-electron chi connectivity index (χ4n) is 2.92. The Kier molecular flexibility index (Phi) is 7.56. The first-order chi connectivity index (χ1) is 15.0. The Morgan fingerprint density at radius 2 is 1.48 bits per heavy atom. The number of carbonyl (C=O) groups excluding carboxylic acids is 2. The van der Waals surface area contributed by atoms with Crippen LogP contribution in [0.1, 0.15) is 20.7 Å². The van der Waals surface area contributed by atoms with E-state index in [-0.39, 0.29) is 17.4 Å². The summed E-state index contributed by atoms with van der Waals surface area (Å²) in [7, 11) is 4.62. The van der Waals surface area contributed by atoms with E-state index in [4.69, 9.17) is 14.2 Å². The molecule has 0 fully saturated rings. The minimum atomic E-state index is -0.257. The lowest BCUT2D eigenvalue weighted by molar-refractivity contribution is 0.101. The van der Waals surface area contributed by atoms with Crippen molar-refractivity contribution in [1.29, 1.82) is 0 Å². The third-order valence-electron chi connectivity index (χ3n) is 4.54. The number of benzene rings is 3. The molecule has 0 atom stereocenters. The highest BCUT2D eigenvalue weighted by molar-refractivity contribution is 8.00. The molecule has 0 spiro atoms. The van der Waals surface area contributed by atoms with Crippen LogP contribution in [0.15, 0.2) is 71.6 Å². The summed E-state index contributed by atoms with van der Waals surface area (Å²) in [6.07, 6.45) is 0. The molecule has 0 saturated carbocycles. The summed E-state index contributed by atoms with van der Waals surface area (Å²) in [5.74, 6) is 1.64. The zero-order valence-electron chi connectivity index (χ0n) is 17.5. The Labute approximate surface area is 185 Å². The van der Waals surface area contributed by atoms with Crippen LogP contribution in [0.5, 0.6) is 17.2 Å². The maximum Gasteiger partial charge on any atom is 0.255 e. The lowest BCUT2D eigenvalue weighted by Gasteiger charge is -2.10. The number of rotatable bonds is 9. The van der Waals surface area contributed by atoms with Crippen molar-refractivity contribution < 1.29 is 23.8 Å². The number of Topliss-reactive ketones (excluding diaryl/α,β-unsaturated/α-hetero) is 1. The monoisotopic (exact) mass is 437 g/mol. The SMILES string of the molecule is COc1ccc(C(=O)Nc2ccc(SCC(=O)c3ccccc3OC)cc2)cc1OC. The van der Waals surface area contributed by atoms with Crippen molar-refractivity contribution in [2.45, 2.75) is 4.90 Å². The molecule has 0 saturated heterocycles. The number of para-hydroxylation sites is 1. The van der Waals surface area contributed by atoms with Crippen molar-refractivity contribution in [1.82, 2.24) is 0 Å². The maximum absolute atomic E-state index is 12.5. The molecule has 0 bridgehead atoms. The van der Waals surface area contributed by atoms with E-state index in [1.807, 2.05) is 24.3 Å². The van der Waals surface area contributed by atoms with Crippen LogP contribution >= 0.6 is 11.8 Å². The molecule has 1 amide bonds. The van der Waals surface area contributed by atoms with Gasteiger partial charge in [0, 0.05) is 16.1 Å². The van der Waals surface area contributed by atoms with Gasteiger partial charge in [0.1, 0.15) is 5.75 Å². The van der Waals surface area contributed by atoms with Crippen molar-refractivity contribution in [2.24, 2.45) is 0 Å². The Morgan fingerprint density at radius 1 is 0.806 bits per heavy atom. The van der Waals surface area contributed by atoms with E-state index in [0.29, 0.717) is 34.1 Å². The third kappa shape index (κ3) is 5.58. The molecule has 0 heterocycles. The second-order valence-corrected chi connectivity index (χ2v) is 7.51. The molecule has 7 heteroatoms. The molecule has 0 aliphatic carbocycles. The van der Waals surface area contributed by atoms with Gasteiger partial charge in [0.15, 0.2) is 17.3 Å². The molecule has 0 aliphatic heterocycles. The molecule has 3 rings (SSSR count). The van der Waals surface area contributed by atoms with Crippen LogP contribution in [0.4, 0.5) is 5.69 Å². The number of hydrogen-bond acceptors (Lipinski definition) is 6. The molecule has 0 radical (unpaired) electrons. The Balaban J connectivity index is 1.60. The summed E-state index contributed by atoms with van der Waals surface area (Å²) in [6, 6.07) is 19.5. The summed E-state index contributed by atoms with van der Waals surface area (Å²) in [5.41, 5.74) is 1.68. The topological polar surface area (TPSA) is 73.9 Å². The lowest BCUT2D eigenvalue weighted by Crippen LogP contribution is -2.12. The number of ketones is 1. The first-order valence-electron chi connectivity index (χ1n) is 9.48. The van der Waals surface area contributed by atoms with E-state index >= 15 is 0 Å². The first kappa shape index (κ1) is 22.2. The Hall–Kier alpha value is -3.45. The second kappa shape index (κ2) is 10.5. The van der Waals surface area contributed by atoms with E-state index in [2.05, 4.69) is 5.32 Å². The van der Waals surface area contributed by atoms with Crippen molar-refractivity contribution in [3.05, 3.63) is 77.9 Å². The van der Waals surface area contributed by atoms with Gasteiger partial charge in [-0.25, -0.2) is 0 Å². The van der Waals surface area contributed by atoms with Crippen LogP contribution in [0, 0.1) is 0 Å². The summed E-state index contributed by atoms with van der Waals surface area (Å²) in [5, 5.41) is 2.85. The van der Waals surface area contributed by atoms with Crippen LogP contribution in [-0.4, -0.2) is 38.8 Å². The van der Waals surface area contributed by atoms with Crippen LogP contribution in [-0.2, 0) is 0 Å². The van der Waals surface area contributed by atoms with Gasteiger partial charge in [-0.1, -0.05) is 12.1 Å². The Bertz CT molecular complexity index is 1070. The van der Waals surface area contributed by atoms with E-state index < -0.39 is 0 Å². The number of amides is 1. The van der Waals surface area contributed by atoms with E-state index in [1.54, 1.807) is 56.7 Å². The second-order valence-electron chi connectivity index (χ2n) is 6.46. The maximum atomic E-state index is 12.5. The molecule has 6 nitrogen and oxygen atoms in total. The molecular formula is C24H23NO5S. The van der Waals surface area contributed by atoms with Crippen LogP contribution in [0.3, 0.4) is 0 Å². The normalized spacial score (nSPS) is 10.3. The average Bonchev–Trinajstić information content (AvgIpc) is 2.82. The number of hydrogen-bond donors (Lipinski definition) is 1. The zero-order chi connectivity index (χ0) is 22.2. The molecule has 3 aromatic carbocycles. The predicted molar refractivity (Wildman–Crippen MR) is 122 cm³/mol. The van der Waals surface area contributed by atoms with Crippen molar-refractivity contribution >= 4 is 29.1 Å². The van der Waals surface area contributed by atoms with Gasteiger partial charge in [0.25, 0.3) is 5.91 Å². The standard InChI is InChI=1S/C24H23NO5S/c1-28-21-7-5-4-6-19(21)20(26)15-31-18-11-9-17(10-12-18)25-24(27)16-8-13-22(29-2)23(14-16)30-3/h4-14H,15H2,1-3H3,(H,25,27). The lowest BCUT2D eigenvalue weighted by atomic mass is 10.1. The van der Waals surface area contributed by atoms with Gasteiger partial charge >= 0.3 is 0 Å². The average molecular weight is 438 g/mol. The van der Waals surface area contributed by atoms with Gasteiger partial charge in [-0.15, -0.1) is 11.8 Å². The quantitative estimate of drug-likeness (QED) is 0.378. The molecule has 0 aliphatic rings. The highest BCUT2D eigenvalue weighted by Crippen LogP contribution is 2.28. The van der Waals surface area contributed by atoms with Gasteiger partial charge in [0.05, 0.1) is 32.6 Å². The van der Waals surface area contributed by atoms with Crippen molar-refractivity contribution in [2.75, 3.05) is 32.4 Å². The van der Waals surface area contributed by atoms with Crippen molar-refractivity contribution in [3.8, 4) is 17.2 Å². The number of nitrogens with one attached hydrogen (secondary N) is 1. The number of methoxy groups -OCH3 is 3. The van der Waals surface area contributed by atoms with Gasteiger partial charge in [-0.3, -0.25) is 9.59 Å². The highest BCUT2D eigenvalue weighted by atomic mass is 32.2. The molecule has 31 heavy (non-hydrogen) atoms. The molecule has 3 aromatic rings. The fourth-order valence-corrected chi connectivity index (χ4v) is 3.70. The molecule has 160 valence electrons. The zero-order valence-corrected chi connectivity index (χ0v) is 18.3. The summed E-state index contributed by atoms with van der Waals surface area (Å²) < 4.78 is 15.7. The highest BCUT2D eigenvalue weighted by Gasteiger charge is 2.13. The number of carbonyl (C=O) groups is 2. The predicted octanol–water partition coefficient (Wildman–Crippen LogP) is 4.94. The van der Waals surface area contributed by atoms with Gasteiger partial charge in [-0.05, 0) is 54.6 Å². The smallest absolute Gasteiger partial charge is 0.255 e. The fraction of sp³-hybridized carbons (Fsp3) is 0.167. The molecule has 1 N–H and O–H groups in total. The van der Waals surface area contributed by atoms with Gasteiger partial charge < -0.3 is 19.5 Å². The van der Waals surface area contributed by atoms with Crippen molar-refractivity contribution in [3.63, 3.8) is 0 Å². The summed E-state index contributed by atoms with van der Waals surface area (Å²) >= 11 is 1.43. The first-order valence-corrected chi connectivity index (χ1v) is 10.5. The van der Waals surface area contributed by atoms with Gasteiger partial charge in [-0.2, -0.15) is 0 Å². The van der Waals surface area contributed by atoms with Crippen LogP contribution in [0.25, 0.3) is 0 Å². The Morgan fingerprint density at radius 3 is 2.16 bits per heavy atom. The minimum Gasteiger partial charge on any atom is -0.496 e.